The lowest BCUT2D eigenvalue weighted by atomic mass is 10.2. The number of nitrogens with two attached hydrogens (primary N) is 1. The third-order valence-corrected chi connectivity index (χ3v) is 2.92. The first-order chi connectivity index (χ1) is 6.88. The van der Waals surface area contributed by atoms with Crippen LogP contribution in [0.2, 0.25) is 0 Å². The topological polar surface area (TPSA) is 106 Å². The van der Waals surface area contributed by atoms with Crippen molar-refractivity contribution in [2.45, 2.75) is 11.8 Å². The first-order valence-corrected chi connectivity index (χ1v) is 5.59. The summed E-state index contributed by atoms with van der Waals surface area (Å²) in [6, 6.07) is 2.60. The van der Waals surface area contributed by atoms with Crippen molar-refractivity contribution in [1.29, 1.82) is 0 Å². The number of rotatable bonds is 1. The third-order valence-electron chi connectivity index (χ3n) is 2.03. The molecule has 0 aliphatic carbocycles. The van der Waals surface area contributed by atoms with Crippen molar-refractivity contribution in [3.8, 4) is 0 Å². The molecule has 0 radical (unpaired) electrons. The van der Waals surface area contributed by atoms with Gasteiger partial charge in [-0.3, -0.25) is 4.98 Å². The maximum absolute atomic E-state index is 11.1. The number of aromatic amines is 1. The van der Waals surface area contributed by atoms with Crippen LogP contribution >= 0.6 is 0 Å². The summed E-state index contributed by atoms with van der Waals surface area (Å²) in [5.74, 6) is -0.625. The van der Waals surface area contributed by atoms with Gasteiger partial charge in [-0.1, -0.05) is 0 Å². The fourth-order valence-electron chi connectivity index (χ4n) is 1.36. The highest BCUT2D eigenvalue weighted by Crippen LogP contribution is 2.19. The second-order valence-corrected chi connectivity index (χ2v) is 4.73. The van der Waals surface area contributed by atoms with Gasteiger partial charge in [0.25, 0.3) is 0 Å². The zero-order chi connectivity index (χ0) is 11.2. The highest BCUT2D eigenvalue weighted by atomic mass is 32.2. The number of hydrogen-bond donors (Lipinski definition) is 2. The second-order valence-electron chi connectivity index (χ2n) is 3.17. The molecule has 0 aliphatic heterocycles. The van der Waals surface area contributed by atoms with Gasteiger partial charge in [0.2, 0.25) is 10.0 Å². The zero-order valence-corrected chi connectivity index (χ0v) is 8.59. The predicted octanol–water partition coefficient (Wildman–Crippen LogP) is 0.0769. The van der Waals surface area contributed by atoms with E-state index in [9.17, 15) is 13.2 Å². The molecule has 7 heteroatoms. The van der Waals surface area contributed by atoms with E-state index in [1.54, 1.807) is 6.92 Å². The van der Waals surface area contributed by atoms with E-state index in [1.165, 1.54) is 12.1 Å². The summed E-state index contributed by atoms with van der Waals surface area (Å²) in [4.78, 5) is 13.3. The van der Waals surface area contributed by atoms with Crippen LogP contribution in [0.1, 0.15) is 5.56 Å². The van der Waals surface area contributed by atoms with Crippen LogP contribution in [0.15, 0.2) is 26.2 Å². The lowest BCUT2D eigenvalue weighted by molar-refractivity contribution is 0.554. The number of hydrogen-bond acceptors (Lipinski definition) is 4. The zero-order valence-electron chi connectivity index (χ0n) is 7.77. The average Bonchev–Trinajstić information content (AvgIpc) is 2.44. The molecular weight excluding hydrogens is 220 g/mol. The molecule has 0 aliphatic rings. The first-order valence-electron chi connectivity index (χ1n) is 4.04. The Balaban J connectivity index is 2.89. The largest absolute Gasteiger partial charge is 0.417 e. The Morgan fingerprint density at radius 3 is 2.67 bits per heavy atom. The van der Waals surface area contributed by atoms with E-state index >= 15 is 0 Å². The Bertz CT molecular complexity index is 680. The lowest BCUT2D eigenvalue weighted by Crippen LogP contribution is -2.12. The summed E-state index contributed by atoms with van der Waals surface area (Å²) < 4.78 is 26.9. The van der Waals surface area contributed by atoms with E-state index in [4.69, 9.17) is 9.56 Å². The monoisotopic (exact) mass is 228 g/mol. The predicted molar refractivity (Wildman–Crippen MR) is 52.9 cm³/mol. The lowest BCUT2D eigenvalue weighted by Gasteiger charge is -1.99. The van der Waals surface area contributed by atoms with Crippen LogP contribution in [0, 0.1) is 6.92 Å². The summed E-state index contributed by atoms with van der Waals surface area (Å²) in [5.41, 5.74) is 1.25. The molecule has 0 fully saturated rings. The van der Waals surface area contributed by atoms with Crippen LogP contribution in [0.5, 0.6) is 0 Å². The molecule has 0 saturated heterocycles. The quantitative estimate of drug-likeness (QED) is 0.720. The van der Waals surface area contributed by atoms with Crippen LogP contribution in [0.25, 0.3) is 11.1 Å². The summed E-state index contributed by atoms with van der Waals surface area (Å²) in [6.07, 6.45) is 0. The Morgan fingerprint density at radius 2 is 2.07 bits per heavy atom. The number of H-pyrrole nitrogens is 1. The van der Waals surface area contributed by atoms with E-state index in [0.717, 1.165) is 0 Å². The molecule has 2 rings (SSSR count). The number of primary sulfonamides is 1. The van der Waals surface area contributed by atoms with Crippen molar-refractivity contribution in [2.75, 3.05) is 0 Å². The van der Waals surface area contributed by atoms with Gasteiger partial charge in [0.1, 0.15) is 0 Å². The van der Waals surface area contributed by atoms with Crippen molar-refractivity contribution in [3.63, 3.8) is 0 Å². The molecule has 6 nitrogen and oxygen atoms in total. The molecule has 1 heterocycles. The van der Waals surface area contributed by atoms with E-state index in [-0.39, 0.29) is 10.5 Å². The number of aromatic nitrogens is 1. The molecule has 0 bridgehead atoms. The standard InChI is InChI=1S/C8H8N2O4S/c1-4-2-5(15(9,12)13)3-6-7(4)10-8(11)14-6/h2-3H,1H3,(H,10,11)(H2,9,12,13). The summed E-state index contributed by atoms with van der Waals surface area (Å²) in [7, 11) is -3.78. The normalized spacial score (nSPS) is 12.1. The molecule has 2 aromatic rings. The Kier molecular flexibility index (Phi) is 1.95. The minimum atomic E-state index is -3.78. The van der Waals surface area contributed by atoms with Crippen LogP contribution in [-0.2, 0) is 10.0 Å². The maximum Gasteiger partial charge on any atom is 0.417 e. The van der Waals surface area contributed by atoms with E-state index in [0.29, 0.717) is 11.1 Å². The van der Waals surface area contributed by atoms with Gasteiger partial charge in [-0.2, -0.15) is 0 Å². The Hall–Kier alpha value is -1.60. The number of fused-ring (bicyclic) bond motifs is 1. The fourth-order valence-corrected chi connectivity index (χ4v) is 1.97. The number of aryl methyl sites for hydroxylation is 1. The second kappa shape index (κ2) is 2.94. The van der Waals surface area contributed by atoms with Crippen LogP contribution in [0.3, 0.4) is 0 Å². The van der Waals surface area contributed by atoms with E-state index < -0.39 is 15.8 Å². The van der Waals surface area contributed by atoms with Gasteiger partial charge < -0.3 is 4.42 Å². The highest BCUT2D eigenvalue weighted by Gasteiger charge is 2.13. The van der Waals surface area contributed by atoms with Gasteiger partial charge in [-0.15, -0.1) is 0 Å². The summed E-state index contributed by atoms with van der Waals surface area (Å²) >= 11 is 0. The van der Waals surface area contributed by atoms with Crippen LogP contribution in [0.4, 0.5) is 0 Å². The summed E-state index contributed by atoms with van der Waals surface area (Å²) in [5, 5.41) is 4.97. The molecule has 80 valence electrons. The Morgan fingerprint density at radius 1 is 1.40 bits per heavy atom. The van der Waals surface area contributed by atoms with Gasteiger partial charge in [0.05, 0.1) is 10.4 Å². The Labute approximate surface area is 84.8 Å². The first kappa shape index (κ1) is 9.94. The molecule has 0 saturated carbocycles. The van der Waals surface area contributed by atoms with Gasteiger partial charge in [-0.05, 0) is 18.6 Å². The average molecular weight is 228 g/mol. The number of benzene rings is 1. The SMILES string of the molecule is Cc1cc(S(N)(=O)=O)cc2oc(=O)[nH]c12. The van der Waals surface area contributed by atoms with Gasteiger partial charge in [0, 0.05) is 6.07 Å². The minimum Gasteiger partial charge on any atom is -0.408 e. The van der Waals surface area contributed by atoms with Gasteiger partial charge >= 0.3 is 5.76 Å². The van der Waals surface area contributed by atoms with E-state index in [2.05, 4.69) is 4.98 Å². The fraction of sp³-hybridized carbons (Fsp3) is 0.125. The molecule has 0 atom stereocenters. The maximum atomic E-state index is 11.1. The van der Waals surface area contributed by atoms with E-state index in [1.807, 2.05) is 0 Å². The highest BCUT2D eigenvalue weighted by molar-refractivity contribution is 7.89. The molecular formula is C8H8N2O4S. The smallest absolute Gasteiger partial charge is 0.408 e. The van der Waals surface area contributed by atoms with Crippen LogP contribution < -0.4 is 10.9 Å². The third kappa shape index (κ3) is 1.66. The molecule has 15 heavy (non-hydrogen) atoms. The van der Waals surface area contributed by atoms with Crippen molar-refractivity contribution < 1.29 is 12.8 Å². The number of nitrogens with one attached hydrogen (secondary N) is 1. The van der Waals surface area contributed by atoms with Crippen LogP contribution in [-0.4, -0.2) is 13.4 Å². The summed E-state index contributed by atoms with van der Waals surface area (Å²) in [6.45, 7) is 1.66. The van der Waals surface area contributed by atoms with Gasteiger partial charge in [0.15, 0.2) is 5.58 Å². The van der Waals surface area contributed by atoms with Gasteiger partial charge in [-0.25, -0.2) is 18.4 Å². The molecule has 0 spiro atoms. The molecule has 3 N–H and O–H groups in total. The van der Waals surface area contributed by atoms with Crippen molar-refractivity contribution >= 4 is 21.1 Å². The molecule has 0 amide bonds. The molecule has 0 unspecified atom stereocenters. The number of oxazole rings is 1. The number of sulfonamides is 1. The molecule has 1 aromatic carbocycles. The van der Waals surface area contributed by atoms with Crippen molar-refractivity contribution in [1.82, 2.24) is 4.98 Å². The minimum absolute atomic E-state index is 0.0738. The van der Waals surface area contributed by atoms with Crippen molar-refractivity contribution in [2.24, 2.45) is 5.14 Å². The van der Waals surface area contributed by atoms with Crippen molar-refractivity contribution in [3.05, 3.63) is 28.2 Å². The molecule has 1 aromatic heterocycles.